The highest BCUT2D eigenvalue weighted by Gasteiger charge is 2.81. The van der Waals surface area contributed by atoms with Crippen molar-refractivity contribution in [2.24, 2.45) is 10.8 Å². The number of imide groups is 2. The van der Waals surface area contributed by atoms with Crippen LogP contribution in [-0.4, -0.2) is 48.8 Å². The van der Waals surface area contributed by atoms with Crippen LogP contribution in [0.25, 0.3) is 5.57 Å². The molecule has 4 amide bonds. The first-order valence-corrected chi connectivity index (χ1v) is 21.6. The Labute approximate surface area is 386 Å². The fourth-order valence-corrected chi connectivity index (χ4v) is 8.55. The highest BCUT2D eigenvalue weighted by molar-refractivity contribution is 6.34. The fraction of sp³-hybridized carbons (Fsp3) is 0.164. The molecule has 9 rings (SSSR count). The van der Waals surface area contributed by atoms with E-state index in [1.165, 1.54) is 4.90 Å². The summed E-state index contributed by atoms with van der Waals surface area (Å²) < 4.78 is 22.7. The first kappa shape index (κ1) is 43.9. The van der Waals surface area contributed by atoms with Crippen LogP contribution in [0.1, 0.15) is 63.2 Å². The third-order valence-corrected chi connectivity index (χ3v) is 12.4. The van der Waals surface area contributed by atoms with Crippen LogP contribution in [0.2, 0.25) is 0 Å². The summed E-state index contributed by atoms with van der Waals surface area (Å²) in [6, 6.07) is 33.6. The van der Waals surface area contributed by atoms with E-state index in [1.54, 1.807) is 98.8 Å². The van der Waals surface area contributed by atoms with Gasteiger partial charge in [-0.1, -0.05) is 74.3 Å². The molecule has 4 aliphatic rings. The van der Waals surface area contributed by atoms with Crippen LogP contribution >= 0.6 is 0 Å². The number of fused-ring (bicyclic) bond motifs is 1. The minimum atomic E-state index is -1.01. The molecule has 0 radical (unpaired) electrons. The molecule has 2 atom stereocenters. The van der Waals surface area contributed by atoms with Crippen molar-refractivity contribution in [2.75, 3.05) is 23.0 Å². The molecule has 67 heavy (non-hydrogen) atoms. The third-order valence-electron chi connectivity index (χ3n) is 12.4. The smallest absolute Gasteiger partial charge is 0.333 e. The van der Waals surface area contributed by atoms with Crippen LogP contribution < -0.4 is 19.3 Å². The Balaban J connectivity index is 0.791. The summed E-state index contributed by atoms with van der Waals surface area (Å²) in [4.78, 5) is 80.2. The highest BCUT2D eigenvalue weighted by atomic mass is 16.5. The van der Waals surface area contributed by atoms with E-state index in [9.17, 15) is 28.8 Å². The maximum atomic E-state index is 13.9. The Hall–Kier alpha value is -8.38. The molecule has 334 valence electrons. The molecule has 5 aromatic rings. The number of allylic oxidation sites excluding steroid dienone is 1. The zero-order valence-electron chi connectivity index (χ0n) is 36.8. The molecule has 12 heteroatoms. The van der Waals surface area contributed by atoms with E-state index in [-0.39, 0.29) is 36.2 Å². The third kappa shape index (κ3) is 8.07. The van der Waals surface area contributed by atoms with Gasteiger partial charge in [-0.05, 0) is 127 Å². The predicted molar refractivity (Wildman–Crippen MR) is 250 cm³/mol. The van der Waals surface area contributed by atoms with Crippen LogP contribution in [0, 0.1) is 10.8 Å². The van der Waals surface area contributed by atoms with Crippen LogP contribution in [-0.2, 0) is 41.5 Å². The van der Waals surface area contributed by atoms with Crippen LogP contribution in [0.5, 0.6) is 17.2 Å². The predicted octanol–water partition coefficient (Wildman–Crippen LogP) is 9.45. The van der Waals surface area contributed by atoms with Crippen molar-refractivity contribution in [1.82, 2.24) is 0 Å². The summed E-state index contributed by atoms with van der Waals surface area (Å²) in [7, 11) is 0. The summed E-state index contributed by atoms with van der Waals surface area (Å²) in [6.45, 7) is 15.0. The number of anilines is 2. The standard InChI is InChI=1S/C55H44N2O10/c1-33(2)50(60)64-28-25-36-6-14-40(15-7-36)56-48(58)46-23-22-44(30-47(46)49(56)59)66-42-18-10-38(11-19-42)35(5)39-12-20-43(21-13-39)67-45-24-27-54-32-55(54,31-45)53(63)57(52(54)62)41-16-8-37(9-17-41)26-29-65-51(61)34(3)4/h6-24,27,30-31H,1,3,5,25-26,28-29,32H2,2,4H3. The van der Waals surface area contributed by atoms with Crippen molar-refractivity contribution < 1.29 is 47.7 Å². The molecule has 1 saturated carbocycles. The Morgan fingerprint density at radius 2 is 1.04 bits per heavy atom. The molecule has 0 bridgehead atoms. The molecule has 12 nitrogen and oxygen atoms in total. The number of esters is 2. The van der Waals surface area contributed by atoms with E-state index < -0.39 is 34.6 Å². The van der Waals surface area contributed by atoms with Gasteiger partial charge < -0.3 is 18.9 Å². The van der Waals surface area contributed by atoms with Crippen molar-refractivity contribution in [3.05, 3.63) is 204 Å². The van der Waals surface area contributed by atoms with E-state index in [0.29, 0.717) is 64.8 Å². The Morgan fingerprint density at radius 3 is 1.58 bits per heavy atom. The van der Waals surface area contributed by atoms with Crippen LogP contribution in [0.15, 0.2) is 170 Å². The van der Waals surface area contributed by atoms with E-state index in [4.69, 9.17) is 18.9 Å². The van der Waals surface area contributed by atoms with E-state index >= 15 is 0 Å². The summed E-state index contributed by atoms with van der Waals surface area (Å²) in [6.07, 6.45) is 6.63. The molecule has 2 fully saturated rings. The number of piperidine rings is 1. The van der Waals surface area contributed by atoms with E-state index in [0.717, 1.165) is 32.7 Å². The second-order valence-corrected chi connectivity index (χ2v) is 17.0. The van der Waals surface area contributed by atoms with Crippen LogP contribution in [0.4, 0.5) is 11.4 Å². The molecule has 0 spiro atoms. The van der Waals surface area contributed by atoms with Gasteiger partial charge in [0.2, 0.25) is 11.8 Å². The van der Waals surface area contributed by atoms with Gasteiger partial charge >= 0.3 is 11.9 Å². The van der Waals surface area contributed by atoms with Crippen molar-refractivity contribution in [3.8, 4) is 17.2 Å². The molecular formula is C55H44N2O10. The molecule has 2 aliphatic carbocycles. The first-order chi connectivity index (χ1) is 32.2. The lowest BCUT2D eigenvalue weighted by atomic mass is 9.90. The number of amides is 4. The summed E-state index contributed by atoms with van der Waals surface area (Å²) >= 11 is 0. The lowest BCUT2D eigenvalue weighted by Crippen LogP contribution is -2.35. The number of hydrogen-bond donors (Lipinski definition) is 0. The van der Waals surface area contributed by atoms with Crippen LogP contribution in [0.3, 0.4) is 0 Å². The van der Waals surface area contributed by atoms with Gasteiger partial charge in [0.25, 0.3) is 11.8 Å². The fourth-order valence-electron chi connectivity index (χ4n) is 8.55. The molecule has 2 unspecified atom stereocenters. The van der Waals surface area contributed by atoms with Crippen molar-refractivity contribution in [3.63, 3.8) is 0 Å². The van der Waals surface area contributed by atoms with Gasteiger partial charge in [-0.2, -0.15) is 0 Å². The molecule has 0 N–H and O–H groups in total. The number of nitrogens with zero attached hydrogens (tertiary/aromatic N) is 2. The van der Waals surface area contributed by atoms with Gasteiger partial charge in [-0.15, -0.1) is 0 Å². The molecule has 1 saturated heterocycles. The first-order valence-electron chi connectivity index (χ1n) is 21.6. The maximum Gasteiger partial charge on any atom is 0.333 e. The topological polar surface area (TPSA) is 146 Å². The second-order valence-electron chi connectivity index (χ2n) is 17.0. The maximum absolute atomic E-state index is 13.9. The van der Waals surface area contributed by atoms with Crippen molar-refractivity contribution in [1.29, 1.82) is 0 Å². The molecule has 2 aliphatic heterocycles. The minimum absolute atomic E-state index is 0.182. The Morgan fingerprint density at radius 1 is 0.567 bits per heavy atom. The van der Waals surface area contributed by atoms with Crippen molar-refractivity contribution in [2.45, 2.75) is 33.1 Å². The zero-order chi connectivity index (χ0) is 47.2. The quantitative estimate of drug-likeness (QED) is 0.0534. The Bertz CT molecular complexity index is 3020. The number of hydrogen-bond acceptors (Lipinski definition) is 10. The summed E-state index contributed by atoms with van der Waals surface area (Å²) in [5.74, 6) is -0.429. The minimum Gasteiger partial charge on any atom is -0.462 e. The average Bonchev–Trinajstić information content (AvgIpc) is 3.92. The van der Waals surface area contributed by atoms with E-state index in [2.05, 4.69) is 19.7 Å². The number of carbonyl (C=O) groups excluding carboxylic acids is 6. The van der Waals surface area contributed by atoms with Gasteiger partial charge in [0.05, 0.1) is 46.5 Å². The SMILES string of the molecule is C=C(C)C(=O)OCCc1ccc(N2C(=O)c3ccc(Oc4ccc(C(=C)c5ccc(OC6=CC78CC7(C=C6)C(=O)N(c6ccc(CCOC(=O)C(=C)C)cc6)C8=O)cc5)cc4)cc3C2=O)cc1. The molecular weight excluding hydrogens is 849 g/mol. The number of benzene rings is 5. The van der Waals surface area contributed by atoms with Crippen molar-refractivity contribution >= 4 is 52.5 Å². The lowest BCUT2D eigenvalue weighted by Gasteiger charge is -2.19. The molecule has 0 aromatic heterocycles. The highest BCUT2D eigenvalue weighted by Crippen LogP contribution is 2.73. The summed E-state index contributed by atoms with van der Waals surface area (Å²) in [5, 5.41) is 0. The average molecular weight is 893 g/mol. The molecule has 5 aromatic carbocycles. The number of carbonyl (C=O) groups is 6. The monoisotopic (exact) mass is 892 g/mol. The largest absolute Gasteiger partial charge is 0.462 e. The van der Waals surface area contributed by atoms with Gasteiger partial charge in [0.1, 0.15) is 23.0 Å². The molecule has 2 heterocycles. The number of rotatable bonds is 16. The summed E-state index contributed by atoms with van der Waals surface area (Å²) in [5.41, 5.74) is 4.36. The normalized spacial score (nSPS) is 18.7. The second kappa shape index (κ2) is 17.2. The van der Waals surface area contributed by atoms with Gasteiger partial charge in [-0.3, -0.25) is 19.2 Å². The van der Waals surface area contributed by atoms with Gasteiger partial charge in [0.15, 0.2) is 0 Å². The van der Waals surface area contributed by atoms with E-state index in [1.807, 2.05) is 48.5 Å². The zero-order valence-corrected chi connectivity index (χ0v) is 36.8. The van der Waals surface area contributed by atoms with Gasteiger partial charge in [0, 0.05) is 24.0 Å². The Kier molecular flexibility index (Phi) is 11.3. The lowest BCUT2D eigenvalue weighted by molar-refractivity contribution is -0.139. The van der Waals surface area contributed by atoms with Gasteiger partial charge in [-0.25, -0.2) is 19.4 Å². The number of ether oxygens (including phenoxy) is 4.